The molecule has 0 aliphatic heterocycles. The van der Waals surface area contributed by atoms with E-state index in [1.54, 1.807) is 6.33 Å². The number of para-hydroxylation sites is 1. The Bertz CT molecular complexity index is 695. The molecule has 0 unspecified atom stereocenters. The van der Waals surface area contributed by atoms with Crippen LogP contribution in [0.1, 0.15) is 6.42 Å². The average Bonchev–Trinajstić information content (AvgIpc) is 2.56. The summed E-state index contributed by atoms with van der Waals surface area (Å²) in [6, 6.07) is 18.6. The lowest BCUT2D eigenvalue weighted by Crippen LogP contribution is -2.05. The Morgan fingerprint density at radius 2 is 1.71 bits per heavy atom. The summed E-state index contributed by atoms with van der Waals surface area (Å²) >= 11 is 1.89. The van der Waals surface area contributed by atoms with Gasteiger partial charge in [-0.3, -0.25) is 0 Å². The van der Waals surface area contributed by atoms with Crippen molar-refractivity contribution in [2.24, 2.45) is 0 Å². The van der Waals surface area contributed by atoms with Crippen LogP contribution in [0.25, 0.3) is 10.9 Å². The molecule has 0 fully saturated rings. The SMILES string of the molecule is c1ccc(SCCCNc2ncnc3ccccc23)cc1. The summed E-state index contributed by atoms with van der Waals surface area (Å²) in [6.45, 7) is 0.918. The fourth-order valence-corrected chi connectivity index (χ4v) is 3.01. The van der Waals surface area contributed by atoms with Gasteiger partial charge in [0.25, 0.3) is 0 Å². The van der Waals surface area contributed by atoms with Crippen molar-refractivity contribution < 1.29 is 0 Å². The van der Waals surface area contributed by atoms with E-state index in [2.05, 4.69) is 45.6 Å². The van der Waals surface area contributed by atoms with E-state index < -0.39 is 0 Å². The fraction of sp³-hybridized carbons (Fsp3) is 0.176. The Morgan fingerprint density at radius 3 is 2.62 bits per heavy atom. The second-order valence-corrected chi connectivity index (χ2v) is 5.85. The molecule has 3 nitrogen and oxygen atoms in total. The zero-order valence-electron chi connectivity index (χ0n) is 11.7. The summed E-state index contributed by atoms with van der Waals surface area (Å²) in [6.07, 6.45) is 2.71. The number of thioether (sulfide) groups is 1. The van der Waals surface area contributed by atoms with Crippen LogP contribution in [0, 0.1) is 0 Å². The minimum absolute atomic E-state index is 0.918. The maximum absolute atomic E-state index is 4.33. The van der Waals surface area contributed by atoms with Gasteiger partial charge in [-0.2, -0.15) is 0 Å². The van der Waals surface area contributed by atoms with Gasteiger partial charge in [0, 0.05) is 16.8 Å². The van der Waals surface area contributed by atoms with Crippen LogP contribution in [-0.2, 0) is 0 Å². The zero-order valence-corrected chi connectivity index (χ0v) is 12.5. The van der Waals surface area contributed by atoms with Gasteiger partial charge in [0.15, 0.2) is 0 Å². The molecule has 0 saturated heterocycles. The van der Waals surface area contributed by atoms with Gasteiger partial charge in [-0.05, 0) is 36.4 Å². The number of hydrogen-bond acceptors (Lipinski definition) is 4. The first-order valence-corrected chi connectivity index (χ1v) is 8.03. The first kappa shape index (κ1) is 13.9. The number of benzene rings is 2. The molecule has 3 aromatic rings. The first-order valence-electron chi connectivity index (χ1n) is 7.05. The van der Waals surface area contributed by atoms with Gasteiger partial charge in [-0.1, -0.05) is 30.3 Å². The van der Waals surface area contributed by atoms with Crippen LogP contribution < -0.4 is 5.32 Å². The van der Waals surface area contributed by atoms with Gasteiger partial charge >= 0.3 is 0 Å². The van der Waals surface area contributed by atoms with Gasteiger partial charge in [-0.25, -0.2) is 9.97 Å². The summed E-state index contributed by atoms with van der Waals surface area (Å²) in [5, 5.41) is 4.49. The largest absolute Gasteiger partial charge is 0.369 e. The molecule has 0 aliphatic rings. The molecular formula is C17H17N3S. The van der Waals surface area contributed by atoms with E-state index in [1.165, 1.54) is 4.90 Å². The van der Waals surface area contributed by atoms with Crippen molar-refractivity contribution in [3.63, 3.8) is 0 Å². The number of fused-ring (bicyclic) bond motifs is 1. The Labute approximate surface area is 128 Å². The fourth-order valence-electron chi connectivity index (χ4n) is 2.13. The third-order valence-corrected chi connectivity index (χ3v) is 4.27. The first-order chi connectivity index (χ1) is 10.4. The molecule has 4 heteroatoms. The highest BCUT2D eigenvalue weighted by Crippen LogP contribution is 2.20. The molecule has 0 aliphatic carbocycles. The number of nitrogens with one attached hydrogen (secondary N) is 1. The van der Waals surface area contributed by atoms with Gasteiger partial charge < -0.3 is 5.32 Å². The summed E-state index contributed by atoms with van der Waals surface area (Å²) in [7, 11) is 0. The topological polar surface area (TPSA) is 37.8 Å². The van der Waals surface area contributed by atoms with E-state index in [0.717, 1.165) is 35.4 Å². The molecular weight excluding hydrogens is 278 g/mol. The summed E-state index contributed by atoms with van der Waals surface area (Å²) in [4.78, 5) is 9.93. The Kier molecular flexibility index (Phi) is 4.69. The molecule has 0 saturated carbocycles. The molecule has 1 heterocycles. The van der Waals surface area contributed by atoms with Crippen LogP contribution in [0.3, 0.4) is 0 Å². The van der Waals surface area contributed by atoms with Crippen LogP contribution in [-0.4, -0.2) is 22.3 Å². The van der Waals surface area contributed by atoms with E-state index in [9.17, 15) is 0 Å². The molecule has 0 atom stereocenters. The minimum Gasteiger partial charge on any atom is -0.369 e. The molecule has 0 radical (unpaired) electrons. The van der Waals surface area contributed by atoms with Crippen molar-refractivity contribution in [2.45, 2.75) is 11.3 Å². The highest BCUT2D eigenvalue weighted by Gasteiger charge is 2.01. The lowest BCUT2D eigenvalue weighted by molar-refractivity contribution is 0.980. The van der Waals surface area contributed by atoms with E-state index in [0.29, 0.717) is 0 Å². The molecule has 0 spiro atoms. The van der Waals surface area contributed by atoms with E-state index in [1.807, 2.05) is 36.0 Å². The quantitative estimate of drug-likeness (QED) is 0.545. The molecule has 0 bridgehead atoms. The number of hydrogen-bond donors (Lipinski definition) is 1. The van der Waals surface area contributed by atoms with E-state index in [4.69, 9.17) is 0 Å². The lowest BCUT2D eigenvalue weighted by atomic mass is 10.2. The summed E-state index contributed by atoms with van der Waals surface area (Å²) < 4.78 is 0. The number of anilines is 1. The van der Waals surface area contributed by atoms with Gasteiger partial charge in [0.05, 0.1) is 5.52 Å². The van der Waals surface area contributed by atoms with E-state index in [-0.39, 0.29) is 0 Å². The number of aromatic nitrogens is 2. The van der Waals surface area contributed by atoms with Gasteiger partial charge in [-0.15, -0.1) is 11.8 Å². The van der Waals surface area contributed by atoms with Crippen molar-refractivity contribution in [3.8, 4) is 0 Å². The van der Waals surface area contributed by atoms with Crippen molar-refractivity contribution in [1.29, 1.82) is 0 Å². The van der Waals surface area contributed by atoms with Crippen molar-refractivity contribution in [3.05, 3.63) is 60.9 Å². The van der Waals surface area contributed by atoms with Crippen LogP contribution in [0.4, 0.5) is 5.82 Å². The standard InChI is InChI=1S/C17H17N3S/c1-2-7-14(8-3-1)21-12-6-11-18-17-15-9-4-5-10-16(15)19-13-20-17/h1-5,7-10,13H,6,11-12H2,(H,18,19,20). The monoisotopic (exact) mass is 295 g/mol. The average molecular weight is 295 g/mol. The lowest BCUT2D eigenvalue weighted by Gasteiger charge is -2.08. The normalized spacial score (nSPS) is 10.7. The van der Waals surface area contributed by atoms with Gasteiger partial charge in [0.1, 0.15) is 12.1 Å². The maximum atomic E-state index is 4.33. The molecule has 2 aromatic carbocycles. The highest BCUT2D eigenvalue weighted by molar-refractivity contribution is 7.99. The van der Waals surface area contributed by atoms with Gasteiger partial charge in [0.2, 0.25) is 0 Å². The second-order valence-electron chi connectivity index (χ2n) is 4.68. The maximum Gasteiger partial charge on any atom is 0.137 e. The van der Waals surface area contributed by atoms with Crippen molar-refractivity contribution >= 4 is 28.5 Å². The number of rotatable bonds is 6. The molecule has 1 aromatic heterocycles. The third-order valence-electron chi connectivity index (χ3n) is 3.17. The Morgan fingerprint density at radius 1 is 0.905 bits per heavy atom. The predicted molar refractivity (Wildman–Crippen MR) is 89.8 cm³/mol. The summed E-state index contributed by atoms with van der Waals surface area (Å²) in [5.41, 5.74) is 0.980. The Hall–Kier alpha value is -2.07. The highest BCUT2D eigenvalue weighted by atomic mass is 32.2. The molecule has 3 rings (SSSR count). The zero-order chi connectivity index (χ0) is 14.3. The third kappa shape index (κ3) is 3.73. The smallest absolute Gasteiger partial charge is 0.137 e. The van der Waals surface area contributed by atoms with Crippen LogP contribution in [0.15, 0.2) is 65.8 Å². The molecule has 21 heavy (non-hydrogen) atoms. The predicted octanol–water partition coefficient (Wildman–Crippen LogP) is 4.22. The minimum atomic E-state index is 0.918. The Balaban J connectivity index is 1.51. The van der Waals surface area contributed by atoms with E-state index >= 15 is 0 Å². The number of nitrogens with zero attached hydrogens (tertiary/aromatic N) is 2. The van der Waals surface area contributed by atoms with Crippen LogP contribution >= 0.6 is 11.8 Å². The molecule has 0 amide bonds. The second kappa shape index (κ2) is 7.09. The molecule has 1 N–H and O–H groups in total. The van der Waals surface area contributed by atoms with Crippen LogP contribution in [0.2, 0.25) is 0 Å². The summed E-state index contributed by atoms with van der Waals surface area (Å²) in [5.74, 6) is 2.02. The molecule has 106 valence electrons. The van der Waals surface area contributed by atoms with Crippen molar-refractivity contribution in [2.75, 3.05) is 17.6 Å². The van der Waals surface area contributed by atoms with Crippen LogP contribution in [0.5, 0.6) is 0 Å². The van der Waals surface area contributed by atoms with Crippen molar-refractivity contribution in [1.82, 2.24) is 9.97 Å².